The Morgan fingerprint density at radius 1 is 0.317 bits per heavy atom. The SMILES string of the molecule is c1ccc(-c2ccc(N(c3ccc(-c4ccccc4)cc3-c3ccccc3)c3cccc4oc5ccc(-c6ccc7c(c6)c6ccccc6n7-c6ccccc6)cc5c34)cc2)cc1. The van der Waals surface area contributed by atoms with Crippen molar-refractivity contribution in [2.75, 3.05) is 4.90 Å². The molecule has 12 rings (SSSR count). The van der Waals surface area contributed by atoms with Gasteiger partial charge in [-0.1, -0.05) is 164 Å². The predicted octanol–water partition coefficient (Wildman–Crippen LogP) is 16.8. The third-order valence-electron chi connectivity index (χ3n) is 12.4. The van der Waals surface area contributed by atoms with Gasteiger partial charge in [-0.15, -0.1) is 0 Å². The zero-order chi connectivity index (χ0) is 41.7. The van der Waals surface area contributed by atoms with Gasteiger partial charge in [0.15, 0.2) is 0 Å². The van der Waals surface area contributed by atoms with E-state index in [0.29, 0.717) is 0 Å². The molecule has 0 aliphatic carbocycles. The van der Waals surface area contributed by atoms with Gasteiger partial charge in [-0.3, -0.25) is 0 Å². The number of benzene rings is 10. The molecule has 0 bridgehead atoms. The summed E-state index contributed by atoms with van der Waals surface area (Å²) in [4.78, 5) is 2.42. The molecule has 0 aliphatic heterocycles. The molecule has 2 heterocycles. The highest BCUT2D eigenvalue weighted by Gasteiger charge is 2.23. The molecule has 0 N–H and O–H groups in total. The Balaban J connectivity index is 1.07. The Morgan fingerprint density at radius 3 is 1.59 bits per heavy atom. The fourth-order valence-electron chi connectivity index (χ4n) is 9.41. The summed E-state index contributed by atoms with van der Waals surface area (Å²) in [6, 6.07) is 87.1. The molecule has 0 unspecified atom stereocenters. The van der Waals surface area contributed by atoms with Crippen LogP contribution in [0.25, 0.3) is 93.9 Å². The molecule has 0 atom stereocenters. The van der Waals surface area contributed by atoms with E-state index in [4.69, 9.17) is 4.42 Å². The zero-order valence-corrected chi connectivity index (χ0v) is 34.4. The van der Waals surface area contributed by atoms with E-state index >= 15 is 0 Å². The summed E-state index contributed by atoms with van der Waals surface area (Å²) >= 11 is 0. The number of anilines is 3. The normalized spacial score (nSPS) is 11.5. The lowest BCUT2D eigenvalue weighted by Gasteiger charge is -2.29. The second kappa shape index (κ2) is 15.3. The largest absolute Gasteiger partial charge is 0.456 e. The van der Waals surface area contributed by atoms with Gasteiger partial charge in [-0.2, -0.15) is 0 Å². The van der Waals surface area contributed by atoms with Crippen molar-refractivity contribution in [3.8, 4) is 50.2 Å². The number of nitrogens with zero attached hydrogens (tertiary/aromatic N) is 2. The molecular formula is C60H40N2O. The molecule has 0 aliphatic rings. The van der Waals surface area contributed by atoms with E-state index in [9.17, 15) is 0 Å². The van der Waals surface area contributed by atoms with Crippen molar-refractivity contribution < 1.29 is 4.42 Å². The van der Waals surface area contributed by atoms with Crippen LogP contribution in [0.2, 0.25) is 0 Å². The van der Waals surface area contributed by atoms with E-state index in [-0.39, 0.29) is 0 Å². The third kappa shape index (κ3) is 6.38. The molecule has 0 amide bonds. The fourth-order valence-corrected chi connectivity index (χ4v) is 9.41. The van der Waals surface area contributed by atoms with Crippen LogP contribution in [0.1, 0.15) is 0 Å². The first-order chi connectivity index (χ1) is 31.2. The van der Waals surface area contributed by atoms with Gasteiger partial charge in [-0.05, 0) is 118 Å². The van der Waals surface area contributed by atoms with Crippen molar-refractivity contribution in [1.82, 2.24) is 4.57 Å². The predicted molar refractivity (Wildman–Crippen MR) is 264 cm³/mol. The van der Waals surface area contributed by atoms with Crippen LogP contribution in [0.15, 0.2) is 247 Å². The fraction of sp³-hybridized carbons (Fsp3) is 0. The molecule has 0 saturated heterocycles. The minimum Gasteiger partial charge on any atom is -0.456 e. The third-order valence-corrected chi connectivity index (χ3v) is 12.4. The van der Waals surface area contributed by atoms with Gasteiger partial charge in [0.25, 0.3) is 0 Å². The Morgan fingerprint density at radius 2 is 0.857 bits per heavy atom. The first-order valence-electron chi connectivity index (χ1n) is 21.5. The lowest BCUT2D eigenvalue weighted by molar-refractivity contribution is 0.669. The quantitative estimate of drug-likeness (QED) is 0.153. The molecule has 296 valence electrons. The van der Waals surface area contributed by atoms with Crippen LogP contribution in [-0.4, -0.2) is 4.57 Å². The van der Waals surface area contributed by atoms with Crippen LogP contribution in [0.5, 0.6) is 0 Å². The second-order valence-electron chi connectivity index (χ2n) is 16.1. The van der Waals surface area contributed by atoms with E-state index in [1.807, 2.05) is 0 Å². The van der Waals surface area contributed by atoms with Crippen molar-refractivity contribution in [2.45, 2.75) is 0 Å². The van der Waals surface area contributed by atoms with Gasteiger partial charge in [0, 0.05) is 33.1 Å². The van der Waals surface area contributed by atoms with Crippen molar-refractivity contribution in [3.05, 3.63) is 243 Å². The lowest BCUT2D eigenvalue weighted by atomic mass is 9.95. The number of hydrogen-bond acceptors (Lipinski definition) is 2. The highest BCUT2D eigenvalue weighted by atomic mass is 16.3. The van der Waals surface area contributed by atoms with Gasteiger partial charge in [-0.25, -0.2) is 0 Å². The molecule has 0 saturated carbocycles. The van der Waals surface area contributed by atoms with E-state index in [2.05, 4.69) is 252 Å². The number of hydrogen-bond donors (Lipinski definition) is 0. The van der Waals surface area contributed by atoms with Gasteiger partial charge in [0.05, 0.1) is 27.8 Å². The molecule has 0 fully saturated rings. The molecule has 63 heavy (non-hydrogen) atoms. The Hall–Kier alpha value is -8.40. The Bertz CT molecular complexity index is 3590. The van der Waals surface area contributed by atoms with E-state index < -0.39 is 0 Å². The molecule has 3 nitrogen and oxygen atoms in total. The second-order valence-corrected chi connectivity index (χ2v) is 16.1. The molecule has 0 radical (unpaired) electrons. The average molecular weight is 805 g/mol. The summed E-state index contributed by atoms with van der Waals surface area (Å²) < 4.78 is 9.09. The maximum atomic E-state index is 6.72. The Kier molecular flexibility index (Phi) is 8.83. The smallest absolute Gasteiger partial charge is 0.137 e. The molecule has 12 aromatic rings. The minimum atomic E-state index is 0.842. The lowest BCUT2D eigenvalue weighted by Crippen LogP contribution is -2.11. The van der Waals surface area contributed by atoms with Gasteiger partial charge < -0.3 is 13.9 Å². The standard InChI is InChI=1S/C60H40N2O/c1-5-16-41(17-6-1)43-28-33-49(34-29-43)62(55-35-30-45(42-18-7-2-8-19-42)38-51(55)44-20-9-3-10-21-44)57-26-15-27-59-60(57)53-40-47(32-37-58(53)63-59)46-31-36-56-52(39-46)50-24-13-14-25-54(50)61(56)48-22-11-4-12-23-48/h1-40H. The first kappa shape index (κ1) is 36.5. The first-order valence-corrected chi connectivity index (χ1v) is 21.5. The van der Waals surface area contributed by atoms with Gasteiger partial charge in [0.1, 0.15) is 11.2 Å². The van der Waals surface area contributed by atoms with E-state index in [1.165, 1.54) is 38.5 Å². The van der Waals surface area contributed by atoms with Gasteiger partial charge in [0.2, 0.25) is 0 Å². The number of rotatable bonds is 8. The highest BCUT2D eigenvalue weighted by Crippen LogP contribution is 2.48. The summed E-state index contributed by atoms with van der Waals surface area (Å²) in [6.45, 7) is 0. The summed E-state index contributed by atoms with van der Waals surface area (Å²) in [5.74, 6) is 0. The van der Waals surface area contributed by atoms with Crippen LogP contribution in [0, 0.1) is 0 Å². The van der Waals surface area contributed by atoms with E-state index in [0.717, 1.165) is 72.5 Å². The highest BCUT2D eigenvalue weighted by molar-refractivity contribution is 6.15. The number of furan rings is 1. The van der Waals surface area contributed by atoms with Crippen molar-refractivity contribution in [1.29, 1.82) is 0 Å². The van der Waals surface area contributed by atoms with Crippen molar-refractivity contribution in [2.24, 2.45) is 0 Å². The number of aromatic nitrogens is 1. The maximum absolute atomic E-state index is 6.72. The topological polar surface area (TPSA) is 21.3 Å². The van der Waals surface area contributed by atoms with Crippen LogP contribution in [0.4, 0.5) is 17.1 Å². The van der Waals surface area contributed by atoms with Crippen LogP contribution >= 0.6 is 0 Å². The van der Waals surface area contributed by atoms with Crippen LogP contribution < -0.4 is 4.90 Å². The molecule has 0 spiro atoms. The summed E-state index contributed by atoms with van der Waals surface area (Å²) in [5, 5.41) is 4.59. The zero-order valence-electron chi connectivity index (χ0n) is 34.4. The number of para-hydroxylation sites is 2. The monoisotopic (exact) mass is 804 g/mol. The molecular weight excluding hydrogens is 765 g/mol. The molecule has 2 aromatic heterocycles. The summed E-state index contributed by atoms with van der Waals surface area (Å²) in [6.07, 6.45) is 0. The van der Waals surface area contributed by atoms with Gasteiger partial charge >= 0.3 is 0 Å². The van der Waals surface area contributed by atoms with Crippen molar-refractivity contribution >= 4 is 60.8 Å². The molecule has 10 aromatic carbocycles. The summed E-state index contributed by atoms with van der Waals surface area (Å²) in [5.41, 5.74) is 17.7. The van der Waals surface area contributed by atoms with Crippen LogP contribution in [-0.2, 0) is 0 Å². The number of fused-ring (bicyclic) bond motifs is 6. The molecule has 3 heteroatoms. The van der Waals surface area contributed by atoms with E-state index in [1.54, 1.807) is 0 Å². The Labute approximate surface area is 366 Å². The minimum absolute atomic E-state index is 0.842. The maximum Gasteiger partial charge on any atom is 0.137 e. The van der Waals surface area contributed by atoms with Crippen molar-refractivity contribution in [3.63, 3.8) is 0 Å². The summed E-state index contributed by atoms with van der Waals surface area (Å²) in [7, 11) is 0. The van der Waals surface area contributed by atoms with Crippen LogP contribution in [0.3, 0.4) is 0 Å². The average Bonchev–Trinajstić information content (AvgIpc) is 3.91.